The van der Waals surface area contributed by atoms with E-state index in [4.69, 9.17) is 0 Å². The quantitative estimate of drug-likeness (QED) is 0.559. The molecule has 4 heteroatoms. The lowest BCUT2D eigenvalue weighted by atomic mass is 10.4. The molecule has 0 aliphatic rings. The fourth-order valence-corrected chi connectivity index (χ4v) is 0.968. The van der Waals surface area contributed by atoms with Gasteiger partial charge in [0.15, 0.2) is 0 Å². The van der Waals surface area contributed by atoms with Crippen molar-refractivity contribution in [2.75, 3.05) is 0 Å². The van der Waals surface area contributed by atoms with Crippen molar-refractivity contribution in [3.63, 3.8) is 0 Å². The predicted octanol–water partition coefficient (Wildman–Crippen LogP) is 0.163. The highest BCUT2D eigenvalue weighted by atomic mass is 16.2. The van der Waals surface area contributed by atoms with Crippen LogP contribution in [0.3, 0.4) is 0 Å². The molecule has 1 rings (SSSR count). The van der Waals surface area contributed by atoms with Gasteiger partial charge in [-0.3, -0.25) is 4.68 Å². The van der Waals surface area contributed by atoms with Crippen LogP contribution in [0.15, 0.2) is 11.1 Å². The number of nitrogens with zero attached hydrogens (tertiary/aromatic N) is 3. The van der Waals surface area contributed by atoms with Crippen molar-refractivity contribution >= 4 is 0 Å². The van der Waals surface area contributed by atoms with Crippen LogP contribution in [0, 0.1) is 0 Å². The predicted molar refractivity (Wildman–Crippen MR) is 37.9 cm³/mol. The summed E-state index contributed by atoms with van der Waals surface area (Å²) in [5.41, 5.74) is -0.183. The number of rotatable bonds is 1. The number of aryl methyl sites for hydroxylation is 1. The van der Waals surface area contributed by atoms with Crippen LogP contribution in [-0.2, 0) is 7.05 Å². The van der Waals surface area contributed by atoms with Crippen molar-refractivity contribution in [2.45, 2.75) is 19.9 Å². The van der Waals surface area contributed by atoms with Gasteiger partial charge in [0.25, 0.3) is 0 Å². The second kappa shape index (κ2) is 2.28. The topological polar surface area (TPSA) is 39.8 Å². The molecule has 0 fully saturated rings. The Balaban J connectivity index is 3.23. The highest BCUT2D eigenvalue weighted by molar-refractivity contribution is 4.66. The standard InChI is InChI=1S/C6H11N3O/c1-5(2)9-6(10)7-4-8(9)3/h4-5H,1-3H3. The Morgan fingerprint density at radius 3 is 2.40 bits per heavy atom. The van der Waals surface area contributed by atoms with Gasteiger partial charge in [0.05, 0.1) is 0 Å². The highest BCUT2D eigenvalue weighted by Gasteiger charge is 2.03. The zero-order chi connectivity index (χ0) is 7.72. The first-order valence-corrected chi connectivity index (χ1v) is 3.23. The highest BCUT2D eigenvalue weighted by Crippen LogP contribution is 1.95. The molecule has 1 aromatic rings. The summed E-state index contributed by atoms with van der Waals surface area (Å²) in [7, 11) is 1.80. The Hall–Kier alpha value is -1.06. The number of hydrogen-bond donors (Lipinski definition) is 0. The molecule has 1 aromatic heterocycles. The van der Waals surface area contributed by atoms with E-state index >= 15 is 0 Å². The summed E-state index contributed by atoms with van der Waals surface area (Å²) in [6.45, 7) is 3.90. The van der Waals surface area contributed by atoms with Gasteiger partial charge in [-0.15, -0.1) is 0 Å². The van der Waals surface area contributed by atoms with Crippen LogP contribution in [0.25, 0.3) is 0 Å². The molecule has 0 radical (unpaired) electrons. The van der Waals surface area contributed by atoms with Crippen molar-refractivity contribution in [3.05, 3.63) is 16.8 Å². The average Bonchev–Trinajstić information content (AvgIpc) is 2.11. The van der Waals surface area contributed by atoms with Gasteiger partial charge in [-0.2, -0.15) is 4.98 Å². The first-order valence-electron chi connectivity index (χ1n) is 3.23. The summed E-state index contributed by atoms with van der Waals surface area (Å²) in [6.07, 6.45) is 1.52. The monoisotopic (exact) mass is 141 g/mol. The molecule has 0 saturated heterocycles. The molecule has 1 heterocycles. The van der Waals surface area contributed by atoms with Crippen LogP contribution < -0.4 is 5.69 Å². The molecule has 0 saturated carbocycles. The molecular weight excluding hydrogens is 130 g/mol. The van der Waals surface area contributed by atoms with E-state index in [0.29, 0.717) is 0 Å². The van der Waals surface area contributed by atoms with Crippen LogP contribution in [0.5, 0.6) is 0 Å². The summed E-state index contributed by atoms with van der Waals surface area (Å²) in [4.78, 5) is 14.5. The Morgan fingerprint density at radius 2 is 2.20 bits per heavy atom. The first kappa shape index (κ1) is 7.05. The normalized spacial score (nSPS) is 10.8. The fourth-order valence-electron chi connectivity index (χ4n) is 0.968. The van der Waals surface area contributed by atoms with Crippen LogP contribution in [0.4, 0.5) is 0 Å². The van der Waals surface area contributed by atoms with Gasteiger partial charge in [0.1, 0.15) is 6.33 Å². The lowest BCUT2D eigenvalue weighted by Crippen LogP contribution is -2.23. The number of aromatic nitrogens is 3. The maximum absolute atomic E-state index is 10.9. The van der Waals surface area contributed by atoms with Crippen LogP contribution in [0.2, 0.25) is 0 Å². The van der Waals surface area contributed by atoms with E-state index in [-0.39, 0.29) is 11.7 Å². The minimum absolute atomic E-state index is 0.181. The number of hydrogen-bond acceptors (Lipinski definition) is 2. The van der Waals surface area contributed by atoms with Crippen molar-refractivity contribution in [1.29, 1.82) is 0 Å². The van der Waals surface area contributed by atoms with Gasteiger partial charge < -0.3 is 0 Å². The molecule has 0 aliphatic carbocycles. The van der Waals surface area contributed by atoms with Crippen molar-refractivity contribution in [2.24, 2.45) is 7.05 Å². The summed E-state index contributed by atoms with van der Waals surface area (Å²) in [5.74, 6) is 0. The molecule has 0 amide bonds. The second-order valence-corrected chi connectivity index (χ2v) is 2.54. The van der Waals surface area contributed by atoms with Gasteiger partial charge in [-0.1, -0.05) is 0 Å². The molecule has 10 heavy (non-hydrogen) atoms. The van der Waals surface area contributed by atoms with Gasteiger partial charge in [0.2, 0.25) is 0 Å². The molecule has 0 unspecified atom stereocenters. The zero-order valence-corrected chi connectivity index (χ0v) is 6.40. The van der Waals surface area contributed by atoms with Crippen LogP contribution in [0.1, 0.15) is 19.9 Å². The third kappa shape index (κ3) is 0.964. The Bertz CT molecular complexity index is 271. The third-order valence-electron chi connectivity index (χ3n) is 1.36. The summed E-state index contributed by atoms with van der Waals surface area (Å²) in [6, 6.07) is 0.181. The minimum atomic E-state index is -0.183. The van der Waals surface area contributed by atoms with Crippen LogP contribution >= 0.6 is 0 Å². The molecular formula is C6H11N3O. The summed E-state index contributed by atoms with van der Waals surface area (Å²) in [5, 5.41) is 0. The Kier molecular flexibility index (Phi) is 1.61. The van der Waals surface area contributed by atoms with E-state index < -0.39 is 0 Å². The van der Waals surface area contributed by atoms with Crippen molar-refractivity contribution in [3.8, 4) is 0 Å². The van der Waals surface area contributed by atoms with E-state index in [1.165, 1.54) is 6.33 Å². The lowest BCUT2D eigenvalue weighted by molar-refractivity contribution is 0.437. The van der Waals surface area contributed by atoms with Gasteiger partial charge in [-0.25, -0.2) is 9.48 Å². The maximum atomic E-state index is 10.9. The lowest BCUT2D eigenvalue weighted by Gasteiger charge is -2.07. The maximum Gasteiger partial charge on any atom is 0.364 e. The average molecular weight is 141 g/mol. The molecule has 0 aromatic carbocycles. The molecule has 0 spiro atoms. The van der Waals surface area contributed by atoms with Crippen molar-refractivity contribution in [1.82, 2.24) is 14.3 Å². The van der Waals surface area contributed by atoms with Crippen molar-refractivity contribution < 1.29 is 0 Å². The molecule has 0 bridgehead atoms. The van der Waals surface area contributed by atoms with Gasteiger partial charge in [-0.05, 0) is 13.8 Å². The van der Waals surface area contributed by atoms with Crippen LogP contribution in [-0.4, -0.2) is 14.3 Å². The molecule has 0 atom stereocenters. The minimum Gasteiger partial charge on any atom is -0.273 e. The van der Waals surface area contributed by atoms with E-state index in [9.17, 15) is 4.79 Å². The third-order valence-corrected chi connectivity index (χ3v) is 1.36. The zero-order valence-electron chi connectivity index (χ0n) is 6.40. The molecule has 0 N–H and O–H groups in total. The van der Waals surface area contributed by atoms with E-state index in [0.717, 1.165) is 0 Å². The molecule has 56 valence electrons. The fraction of sp³-hybridized carbons (Fsp3) is 0.667. The van der Waals surface area contributed by atoms with E-state index in [1.54, 1.807) is 16.4 Å². The largest absolute Gasteiger partial charge is 0.364 e. The first-order chi connectivity index (χ1) is 4.63. The molecule has 0 aliphatic heterocycles. The van der Waals surface area contributed by atoms with Gasteiger partial charge >= 0.3 is 5.69 Å². The van der Waals surface area contributed by atoms with E-state index in [1.807, 2.05) is 13.8 Å². The van der Waals surface area contributed by atoms with Gasteiger partial charge in [0, 0.05) is 13.1 Å². The Morgan fingerprint density at radius 1 is 1.60 bits per heavy atom. The summed E-state index contributed by atoms with van der Waals surface area (Å²) < 4.78 is 3.27. The summed E-state index contributed by atoms with van der Waals surface area (Å²) >= 11 is 0. The second-order valence-electron chi connectivity index (χ2n) is 2.54. The van der Waals surface area contributed by atoms with E-state index in [2.05, 4.69) is 4.98 Å². The SMILES string of the molecule is CC(C)n1c(=O)ncn1C. The Labute approximate surface area is 59.1 Å². The smallest absolute Gasteiger partial charge is 0.273 e. The molecule has 4 nitrogen and oxygen atoms in total.